The van der Waals surface area contributed by atoms with Crippen LogP contribution in [0.1, 0.15) is 26.7 Å². The van der Waals surface area contributed by atoms with Crippen molar-refractivity contribution in [3.8, 4) is 0 Å². The summed E-state index contributed by atoms with van der Waals surface area (Å²) >= 11 is 0. The maximum absolute atomic E-state index is 13.1. The monoisotopic (exact) mass is 402 g/mol. The molecule has 1 amide bonds. The van der Waals surface area contributed by atoms with Gasteiger partial charge in [0, 0.05) is 18.7 Å². The van der Waals surface area contributed by atoms with Crippen LogP contribution in [-0.4, -0.2) is 64.0 Å². The standard InChI is InChI=1S/C17H26N2O5S2/c1-4-5-10-19(3)16-11-25(21,22)12-17(16)26(23,24)15-8-6-14(7-9-15)18-13(2)20/h6-9,16-17H,4-5,10-12H2,1-3H3,(H,18,20)/t16-,17-/m1/s1. The number of nitrogens with zero attached hydrogens (tertiary/aromatic N) is 1. The van der Waals surface area contributed by atoms with E-state index in [2.05, 4.69) is 5.32 Å². The average Bonchev–Trinajstić information content (AvgIpc) is 2.89. The Morgan fingerprint density at radius 1 is 1.23 bits per heavy atom. The molecule has 0 saturated carbocycles. The van der Waals surface area contributed by atoms with Gasteiger partial charge in [-0.1, -0.05) is 13.3 Å². The van der Waals surface area contributed by atoms with E-state index in [0.717, 1.165) is 12.8 Å². The van der Waals surface area contributed by atoms with E-state index in [9.17, 15) is 21.6 Å². The zero-order valence-electron chi connectivity index (χ0n) is 15.3. The number of hydrogen-bond acceptors (Lipinski definition) is 6. The number of carbonyl (C=O) groups is 1. The molecule has 1 N–H and O–H groups in total. The fraction of sp³-hybridized carbons (Fsp3) is 0.588. The van der Waals surface area contributed by atoms with E-state index >= 15 is 0 Å². The summed E-state index contributed by atoms with van der Waals surface area (Å²) in [7, 11) is -5.43. The van der Waals surface area contributed by atoms with Crippen molar-refractivity contribution < 1.29 is 21.6 Å². The summed E-state index contributed by atoms with van der Waals surface area (Å²) in [6.45, 7) is 4.05. The van der Waals surface area contributed by atoms with Gasteiger partial charge in [0.2, 0.25) is 5.91 Å². The molecule has 1 aromatic carbocycles. The zero-order chi connectivity index (χ0) is 19.5. The van der Waals surface area contributed by atoms with Gasteiger partial charge in [0.15, 0.2) is 19.7 Å². The Morgan fingerprint density at radius 3 is 2.38 bits per heavy atom. The van der Waals surface area contributed by atoms with Crippen molar-refractivity contribution in [1.82, 2.24) is 4.90 Å². The topological polar surface area (TPSA) is 101 Å². The Labute approximate surface area is 155 Å². The zero-order valence-corrected chi connectivity index (χ0v) is 16.9. The molecule has 0 aromatic heterocycles. The minimum Gasteiger partial charge on any atom is -0.326 e. The molecule has 1 aliphatic heterocycles. The van der Waals surface area contributed by atoms with Crippen LogP contribution in [0, 0.1) is 0 Å². The Bertz CT molecular complexity index is 848. The van der Waals surface area contributed by atoms with Crippen molar-refractivity contribution >= 4 is 31.3 Å². The van der Waals surface area contributed by atoms with Gasteiger partial charge < -0.3 is 10.2 Å². The molecule has 2 rings (SSSR count). The van der Waals surface area contributed by atoms with E-state index in [1.165, 1.54) is 31.2 Å². The van der Waals surface area contributed by atoms with Gasteiger partial charge in [-0.05, 0) is 44.3 Å². The summed E-state index contributed by atoms with van der Waals surface area (Å²) in [5.41, 5.74) is 0.493. The lowest BCUT2D eigenvalue weighted by Gasteiger charge is -2.28. The largest absolute Gasteiger partial charge is 0.326 e. The van der Waals surface area contributed by atoms with Gasteiger partial charge >= 0.3 is 0 Å². The maximum Gasteiger partial charge on any atom is 0.221 e. The Kier molecular flexibility index (Phi) is 6.46. The Morgan fingerprint density at radius 2 is 1.85 bits per heavy atom. The lowest BCUT2D eigenvalue weighted by molar-refractivity contribution is -0.114. The van der Waals surface area contributed by atoms with Crippen molar-refractivity contribution in [2.75, 3.05) is 30.4 Å². The second-order valence-electron chi connectivity index (χ2n) is 6.77. The van der Waals surface area contributed by atoms with Crippen LogP contribution in [0.25, 0.3) is 0 Å². The van der Waals surface area contributed by atoms with Crippen LogP contribution in [-0.2, 0) is 24.5 Å². The molecule has 0 unspecified atom stereocenters. The first-order chi connectivity index (χ1) is 12.1. The molecule has 0 radical (unpaired) electrons. The molecule has 26 heavy (non-hydrogen) atoms. The highest BCUT2D eigenvalue weighted by Crippen LogP contribution is 2.29. The number of amides is 1. The first kappa shape index (κ1) is 20.9. The van der Waals surface area contributed by atoms with Crippen LogP contribution in [0.5, 0.6) is 0 Å². The quantitative estimate of drug-likeness (QED) is 0.738. The molecular formula is C17H26N2O5S2. The second kappa shape index (κ2) is 8.06. The smallest absolute Gasteiger partial charge is 0.221 e. The molecule has 0 spiro atoms. The van der Waals surface area contributed by atoms with Crippen LogP contribution >= 0.6 is 0 Å². The van der Waals surface area contributed by atoms with Gasteiger partial charge in [-0.2, -0.15) is 0 Å². The minimum atomic E-state index is -3.81. The lowest BCUT2D eigenvalue weighted by atomic mass is 10.2. The van der Waals surface area contributed by atoms with Crippen LogP contribution in [0.15, 0.2) is 29.2 Å². The lowest BCUT2D eigenvalue weighted by Crippen LogP contribution is -2.44. The fourth-order valence-corrected chi connectivity index (χ4v) is 8.09. The third-order valence-corrected chi connectivity index (χ3v) is 8.74. The molecule has 0 aliphatic carbocycles. The average molecular weight is 403 g/mol. The normalized spacial score (nSPS) is 22.5. The summed E-state index contributed by atoms with van der Waals surface area (Å²) in [6, 6.07) is 5.29. The third-order valence-electron chi connectivity index (χ3n) is 4.60. The number of carbonyl (C=O) groups excluding carboxylic acids is 1. The van der Waals surface area contributed by atoms with Crippen LogP contribution < -0.4 is 5.32 Å². The highest BCUT2D eigenvalue weighted by molar-refractivity contribution is 7.96. The van der Waals surface area contributed by atoms with E-state index < -0.39 is 31.0 Å². The first-order valence-corrected chi connectivity index (χ1v) is 12.0. The van der Waals surface area contributed by atoms with Crippen LogP contribution in [0.4, 0.5) is 5.69 Å². The van der Waals surface area contributed by atoms with Gasteiger partial charge in [-0.25, -0.2) is 16.8 Å². The highest BCUT2D eigenvalue weighted by atomic mass is 32.2. The predicted molar refractivity (Wildman–Crippen MR) is 102 cm³/mol. The van der Waals surface area contributed by atoms with Gasteiger partial charge in [0.25, 0.3) is 0 Å². The van der Waals surface area contributed by atoms with Gasteiger partial charge in [-0.15, -0.1) is 0 Å². The molecule has 1 heterocycles. The third kappa shape index (κ3) is 4.83. The van der Waals surface area contributed by atoms with Crippen molar-refractivity contribution in [3.63, 3.8) is 0 Å². The van der Waals surface area contributed by atoms with E-state index in [0.29, 0.717) is 12.2 Å². The van der Waals surface area contributed by atoms with Gasteiger partial charge in [0.1, 0.15) is 0 Å². The number of benzene rings is 1. The summed E-state index contributed by atoms with van der Waals surface area (Å²) in [6.07, 6.45) is 1.83. The van der Waals surface area contributed by atoms with Crippen molar-refractivity contribution in [2.24, 2.45) is 0 Å². The summed E-state index contributed by atoms with van der Waals surface area (Å²) in [4.78, 5) is 13.0. The predicted octanol–water partition coefficient (Wildman–Crippen LogP) is 1.32. The van der Waals surface area contributed by atoms with E-state index in [4.69, 9.17) is 0 Å². The number of rotatable bonds is 7. The molecule has 1 fully saturated rings. The van der Waals surface area contributed by atoms with Crippen molar-refractivity contribution in [2.45, 2.75) is 42.9 Å². The Hall–Kier alpha value is -1.45. The summed E-state index contributed by atoms with van der Waals surface area (Å²) in [5, 5.41) is 1.59. The first-order valence-electron chi connectivity index (χ1n) is 8.59. The molecule has 146 valence electrons. The molecule has 0 bridgehead atoms. The number of unbranched alkanes of at least 4 members (excludes halogenated alkanes) is 1. The van der Waals surface area contributed by atoms with Crippen LogP contribution in [0.2, 0.25) is 0 Å². The van der Waals surface area contributed by atoms with E-state index in [1.54, 1.807) is 7.05 Å². The SMILES string of the molecule is CCCCN(C)[C@@H]1CS(=O)(=O)C[C@H]1S(=O)(=O)c1ccc(NC(C)=O)cc1. The molecule has 1 saturated heterocycles. The number of sulfone groups is 2. The molecular weight excluding hydrogens is 376 g/mol. The summed E-state index contributed by atoms with van der Waals surface area (Å²) < 4.78 is 50.4. The highest BCUT2D eigenvalue weighted by Gasteiger charge is 2.47. The van der Waals surface area contributed by atoms with Gasteiger partial charge in [-0.3, -0.25) is 4.79 Å². The molecule has 9 heteroatoms. The molecule has 1 aromatic rings. The summed E-state index contributed by atoms with van der Waals surface area (Å²) in [5.74, 6) is -0.745. The minimum absolute atomic E-state index is 0.0718. The number of nitrogens with one attached hydrogen (secondary N) is 1. The van der Waals surface area contributed by atoms with E-state index in [1.807, 2.05) is 11.8 Å². The maximum atomic E-state index is 13.1. The van der Waals surface area contributed by atoms with Crippen molar-refractivity contribution in [1.29, 1.82) is 0 Å². The van der Waals surface area contributed by atoms with Crippen LogP contribution in [0.3, 0.4) is 0 Å². The fourth-order valence-electron chi connectivity index (χ4n) is 3.18. The molecule has 7 nitrogen and oxygen atoms in total. The molecule has 2 atom stereocenters. The van der Waals surface area contributed by atoms with Crippen molar-refractivity contribution in [3.05, 3.63) is 24.3 Å². The Balaban J connectivity index is 2.31. The molecule has 1 aliphatic rings. The van der Waals surface area contributed by atoms with Gasteiger partial charge in [0.05, 0.1) is 21.7 Å². The van der Waals surface area contributed by atoms with E-state index in [-0.39, 0.29) is 22.3 Å². The number of hydrogen-bond donors (Lipinski definition) is 1. The number of anilines is 1. The second-order valence-corrected chi connectivity index (χ2v) is 11.1.